The first kappa shape index (κ1) is 11.9. The highest BCUT2D eigenvalue weighted by Gasteiger charge is 2.06. The van der Waals surface area contributed by atoms with Crippen LogP contribution in [0.5, 0.6) is 0 Å². The van der Waals surface area contributed by atoms with Gasteiger partial charge < -0.3 is 10.7 Å². The Labute approximate surface area is 117 Å². The smallest absolute Gasteiger partial charge is 0.255 e. The number of fused-ring (bicyclic) bond motifs is 1. The maximum Gasteiger partial charge on any atom is 0.255 e. The molecule has 0 aliphatic heterocycles. The van der Waals surface area contributed by atoms with Gasteiger partial charge in [-0.2, -0.15) is 0 Å². The molecule has 0 fully saturated rings. The Morgan fingerprint density at radius 2 is 2.05 bits per heavy atom. The zero-order valence-corrected chi connectivity index (χ0v) is 11.4. The van der Waals surface area contributed by atoms with Crippen LogP contribution in [0.2, 0.25) is 0 Å². The second kappa shape index (κ2) is 4.51. The molecule has 1 aromatic carbocycles. The highest BCUT2D eigenvalue weighted by atomic mass is 79.9. The highest BCUT2D eigenvalue weighted by molar-refractivity contribution is 9.10. The quantitative estimate of drug-likeness (QED) is 0.725. The number of nitrogen functional groups attached to an aromatic ring is 1. The van der Waals surface area contributed by atoms with Crippen LogP contribution in [-0.4, -0.2) is 9.97 Å². The molecule has 3 N–H and O–H groups in total. The first-order valence-corrected chi connectivity index (χ1v) is 6.47. The monoisotopic (exact) mass is 315 g/mol. The van der Waals surface area contributed by atoms with Crippen LogP contribution in [0.1, 0.15) is 0 Å². The molecule has 0 radical (unpaired) electrons. The molecule has 0 bridgehead atoms. The second-order valence-corrected chi connectivity index (χ2v) is 5.11. The van der Waals surface area contributed by atoms with Crippen LogP contribution in [0.25, 0.3) is 21.9 Å². The summed E-state index contributed by atoms with van der Waals surface area (Å²) in [5.41, 5.74) is 7.58. The SMILES string of the molecule is Nc1ncc(Br)cc1-c1ccc2c(=O)[nH]ccc2c1. The van der Waals surface area contributed by atoms with Crippen molar-refractivity contribution in [2.75, 3.05) is 5.73 Å². The topological polar surface area (TPSA) is 71.8 Å². The minimum atomic E-state index is -0.0932. The van der Waals surface area contributed by atoms with E-state index < -0.39 is 0 Å². The molecule has 0 unspecified atom stereocenters. The van der Waals surface area contributed by atoms with Crippen LogP contribution in [0.15, 0.2) is 52.0 Å². The van der Waals surface area contributed by atoms with Gasteiger partial charge in [-0.25, -0.2) is 4.98 Å². The van der Waals surface area contributed by atoms with E-state index in [1.165, 1.54) is 0 Å². The van der Waals surface area contributed by atoms with Crippen LogP contribution in [-0.2, 0) is 0 Å². The van der Waals surface area contributed by atoms with Gasteiger partial charge in [-0.05, 0) is 51.1 Å². The lowest BCUT2D eigenvalue weighted by atomic mass is 10.0. The zero-order chi connectivity index (χ0) is 13.4. The van der Waals surface area contributed by atoms with Crippen LogP contribution in [0, 0.1) is 0 Å². The zero-order valence-electron chi connectivity index (χ0n) is 9.85. The summed E-state index contributed by atoms with van der Waals surface area (Å²) < 4.78 is 0.864. The fraction of sp³-hybridized carbons (Fsp3) is 0. The average molecular weight is 316 g/mol. The molecule has 2 aromatic heterocycles. The molecule has 3 aromatic rings. The molecule has 0 aliphatic rings. The van der Waals surface area contributed by atoms with Crippen molar-refractivity contribution in [1.29, 1.82) is 0 Å². The number of nitrogens with zero attached hydrogens (tertiary/aromatic N) is 1. The van der Waals surface area contributed by atoms with E-state index in [2.05, 4.69) is 25.9 Å². The Balaban J connectivity index is 2.26. The number of anilines is 1. The van der Waals surface area contributed by atoms with E-state index in [-0.39, 0.29) is 5.56 Å². The fourth-order valence-electron chi connectivity index (χ4n) is 2.04. The number of nitrogens with one attached hydrogen (secondary N) is 1. The molecule has 0 saturated heterocycles. The summed E-state index contributed by atoms with van der Waals surface area (Å²) in [7, 11) is 0. The third-order valence-electron chi connectivity index (χ3n) is 2.97. The molecule has 0 spiro atoms. The molecule has 0 amide bonds. The highest BCUT2D eigenvalue weighted by Crippen LogP contribution is 2.28. The molecule has 2 heterocycles. The maximum absolute atomic E-state index is 11.6. The van der Waals surface area contributed by atoms with Crippen LogP contribution >= 0.6 is 15.9 Å². The maximum atomic E-state index is 11.6. The number of nitrogens with two attached hydrogens (primary N) is 1. The molecule has 0 atom stereocenters. The molecule has 5 heteroatoms. The van der Waals surface area contributed by atoms with E-state index in [9.17, 15) is 4.79 Å². The van der Waals surface area contributed by atoms with E-state index in [1.807, 2.05) is 24.3 Å². The Morgan fingerprint density at radius 1 is 1.21 bits per heavy atom. The Morgan fingerprint density at radius 3 is 2.89 bits per heavy atom. The van der Waals surface area contributed by atoms with Crippen molar-refractivity contribution in [1.82, 2.24) is 9.97 Å². The predicted octanol–water partition coefficient (Wildman–Crippen LogP) is 2.93. The van der Waals surface area contributed by atoms with Crippen molar-refractivity contribution >= 4 is 32.5 Å². The Hall–Kier alpha value is -2.14. The van der Waals surface area contributed by atoms with Crippen molar-refractivity contribution in [2.45, 2.75) is 0 Å². The number of aromatic nitrogens is 2. The van der Waals surface area contributed by atoms with Crippen LogP contribution in [0.3, 0.4) is 0 Å². The van der Waals surface area contributed by atoms with E-state index in [1.54, 1.807) is 18.5 Å². The number of hydrogen-bond acceptors (Lipinski definition) is 3. The number of benzene rings is 1. The molecule has 3 rings (SSSR count). The van der Waals surface area contributed by atoms with Gasteiger partial charge in [0.15, 0.2) is 0 Å². The van der Waals surface area contributed by atoms with Gasteiger partial charge in [0.2, 0.25) is 0 Å². The van der Waals surface area contributed by atoms with E-state index in [4.69, 9.17) is 5.73 Å². The summed E-state index contributed by atoms with van der Waals surface area (Å²) >= 11 is 3.38. The van der Waals surface area contributed by atoms with Crippen LogP contribution < -0.4 is 11.3 Å². The lowest BCUT2D eigenvalue weighted by Gasteiger charge is -2.06. The van der Waals surface area contributed by atoms with Gasteiger partial charge in [0.1, 0.15) is 5.82 Å². The standard InChI is InChI=1S/C14H10BrN3O/c15-10-6-12(13(16)18-7-10)8-1-2-11-9(5-8)3-4-17-14(11)19/h1-7H,(H2,16,18)(H,17,19). The van der Waals surface area contributed by atoms with Crippen molar-refractivity contribution in [3.05, 3.63) is 57.6 Å². The molecule has 19 heavy (non-hydrogen) atoms. The summed E-state index contributed by atoms with van der Waals surface area (Å²) in [6.07, 6.45) is 3.29. The van der Waals surface area contributed by atoms with Crippen molar-refractivity contribution < 1.29 is 0 Å². The minimum Gasteiger partial charge on any atom is -0.383 e. The molecule has 0 aliphatic carbocycles. The number of pyridine rings is 2. The molecule has 4 nitrogen and oxygen atoms in total. The number of hydrogen-bond donors (Lipinski definition) is 2. The fourth-order valence-corrected chi connectivity index (χ4v) is 2.37. The van der Waals surface area contributed by atoms with Gasteiger partial charge in [0.05, 0.1) is 0 Å². The second-order valence-electron chi connectivity index (χ2n) is 4.20. The third-order valence-corrected chi connectivity index (χ3v) is 3.40. The number of halogens is 1. The number of aromatic amines is 1. The Bertz CT molecular complexity index is 826. The van der Waals surface area contributed by atoms with Crippen molar-refractivity contribution in [2.24, 2.45) is 0 Å². The van der Waals surface area contributed by atoms with Crippen molar-refractivity contribution in [3.8, 4) is 11.1 Å². The summed E-state index contributed by atoms with van der Waals surface area (Å²) in [5, 5.41) is 1.54. The van der Waals surface area contributed by atoms with E-state index >= 15 is 0 Å². The molecular weight excluding hydrogens is 306 g/mol. The van der Waals surface area contributed by atoms with Crippen LogP contribution in [0.4, 0.5) is 5.82 Å². The normalized spacial score (nSPS) is 10.8. The van der Waals surface area contributed by atoms with Gasteiger partial charge in [-0.1, -0.05) is 6.07 Å². The van der Waals surface area contributed by atoms with Crippen molar-refractivity contribution in [3.63, 3.8) is 0 Å². The molecule has 94 valence electrons. The van der Waals surface area contributed by atoms with Gasteiger partial charge in [-0.3, -0.25) is 4.79 Å². The third kappa shape index (κ3) is 2.13. The summed E-state index contributed by atoms with van der Waals surface area (Å²) in [4.78, 5) is 18.4. The van der Waals surface area contributed by atoms with Gasteiger partial charge >= 0.3 is 0 Å². The number of rotatable bonds is 1. The summed E-state index contributed by atoms with van der Waals surface area (Å²) in [6, 6.07) is 9.38. The summed E-state index contributed by atoms with van der Waals surface area (Å²) in [5.74, 6) is 0.465. The number of H-pyrrole nitrogens is 1. The largest absolute Gasteiger partial charge is 0.383 e. The predicted molar refractivity (Wildman–Crippen MR) is 79.9 cm³/mol. The van der Waals surface area contributed by atoms with E-state index in [0.717, 1.165) is 21.0 Å². The lowest BCUT2D eigenvalue weighted by molar-refractivity contribution is 1.28. The molecular formula is C14H10BrN3O. The average Bonchev–Trinajstić information content (AvgIpc) is 2.41. The summed E-state index contributed by atoms with van der Waals surface area (Å²) in [6.45, 7) is 0. The first-order chi connectivity index (χ1) is 9.15. The molecule has 0 saturated carbocycles. The van der Waals surface area contributed by atoms with Gasteiger partial charge in [0, 0.05) is 27.8 Å². The minimum absolute atomic E-state index is 0.0932. The van der Waals surface area contributed by atoms with E-state index in [0.29, 0.717) is 11.2 Å². The first-order valence-electron chi connectivity index (χ1n) is 5.68. The van der Waals surface area contributed by atoms with Gasteiger partial charge in [0.25, 0.3) is 5.56 Å². The van der Waals surface area contributed by atoms with Gasteiger partial charge in [-0.15, -0.1) is 0 Å². The Kier molecular flexibility index (Phi) is 2.83. The lowest BCUT2D eigenvalue weighted by Crippen LogP contribution is -2.04.